The summed E-state index contributed by atoms with van der Waals surface area (Å²) in [5.74, 6) is 0. The third-order valence-corrected chi connectivity index (χ3v) is 2.54. The maximum Gasteiger partial charge on any atom is 0.394 e. The van der Waals surface area contributed by atoms with Crippen molar-refractivity contribution in [1.82, 2.24) is 0 Å². The average Bonchev–Trinajstić information content (AvgIpc) is 2.37. The summed E-state index contributed by atoms with van der Waals surface area (Å²) in [6.07, 6.45) is 3.77. The second-order valence-corrected chi connectivity index (χ2v) is 6.52. The Kier molecular flexibility index (Phi) is 18.1. The van der Waals surface area contributed by atoms with Crippen molar-refractivity contribution in [1.29, 1.82) is 0 Å². The van der Waals surface area contributed by atoms with Crippen LogP contribution < -0.4 is 0 Å². The molecule has 22 heavy (non-hydrogen) atoms. The third kappa shape index (κ3) is 42.7. The highest BCUT2D eigenvalue weighted by Crippen LogP contribution is 1.99. The van der Waals surface area contributed by atoms with E-state index in [0.29, 0.717) is 0 Å². The monoisotopic (exact) mass is 340 g/mol. The molecule has 6 nitrogen and oxygen atoms in total. The first kappa shape index (κ1) is 26.2. The molecule has 0 unspecified atom stereocenters. The van der Waals surface area contributed by atoms with Crippen molar-refractivity contribution < 1.29 is 26.7 Å². The van der Waals surface area contributed by atoms with Gasteiger partial charge in [-0.05, 0) is 32.8 Å². The SMILES string of the molecule is C=C=C(C)C.CCCCCOC[N+](C)(C)CC.O=S(=O)(O)O. The molecule has 0 saturated heterocycles. The molecule has 0 aromatic carbocycles. The molecule has 0 spiro atoms. The van der Waals surface area contributed by atoms with E-state index < -0.39 is 10.4 Å². The topological polar surface area (TPSA) is 83.8 Å². The maximum absolute atomic E-state index is 8.74. The van der Waals surface area contributed by atoms with Gasteiger partial charge in [0.15, 0.2) is 6.73 Å². The lowest BCUT2D eigenvalue weighted by Crippen LogP contribution is -2.41. The summed E-state index contributed by atoms with van der Waals surface area (Å²) in [6, 6.07) is 0. The van der Waals surface area contributed by atoms with E-state index in [9.17, 15) is 0 Å². The van der Waals surface area contributed by atoms with E-state index in [-0.39, 0.29) is 0 Å². The number of quaternary nitrogens is 1. The quantitative estimate of drug-likeness (QED) is 0.244. The van der Waals surface area contributed by atoms with Gasteiger partial charge in [-0.1, -0.05) is 26.3 Å². The molecule has 0 aliphatic rings. The highest BCUT2D eigenvalue weighted by Gasteiger charge is 2.10. The summed E-state index contributed by atoms with van der Waals surface area (Å²) in [5.41, 5.74) is 3.84. The Labute approximate surface area is 136 Å². The second-order valence-electron chi connectivity index (χ2n) is 5.62. The van der Waals surface area contributed by atoms with Crippen LogP contribution in [-0.4, -0.2) is 56.0 Å². The van der Waals surface area contributed by atoms with E-state index >= 15 is 0 Å². The van der Waals surface area contributed by atoms with Gasteiger partial charge in [0.05, 0.1) is 27.2 Å². The summed E-state index contributed by atoms with van der Waals surface area (Å²) in [7, 11) is -0.278. The molecule has 7 heteroatoms. The summed E-state index contributed by atoms with van der Waals surface area (Å²) < 4.78 is 38.1. The fourth-order valence-corrected chi connectivity index (χ4v) is 0.857. The molecule has 0 aliphatic heterocycles. The Hall–Kier alpha value is -0.690. The Balaban J connectivity index is -0.000000298. The number of hydrogen-bond acceptors (Lipinski definition) is 3. The zero-order valence-electron chi connectivity index (χ0n) is 14.9. The number of nitrogens with zero attached hydrogens (tertiary/aromatic N) is 1. The smallest absolute Gasteiger partial charge is 0.332 e. The van der Waals surface area contributed by atoms with Crippen LogP contribution in [0, 0.1) is 0 Å². The predicted octanol–water partition coefficient (Wildman–Crippen LogP) is 3.33. The van der Waals surface area contributed by atoms with Gasteiger partial charge in [0, 0.05) is 0 Å². The molecule has 0 aromatic rings. The first-order valence-electron chi connectivity index (χ1n) is 7.32. The molecular formula is C15H34NO5S+. The minimum atomic E-state index is -4.67. The molecule has 0 rings (SSSR count). The zero-order valence-corrected chi connectivity index (χ0v) is 15.7. The second kappa shape index (κ2) is 15.2. The summed E-state index contributed by atoms with van der Waals surface area (Å²) in [5, 5.41) is 0. The van der Waals surface area contributed by atoms with Crippen LogP contribution in [0.15, 0.2) is 17.9 Å². The van der Waals surface area contributed by atoms with Crippen LogP contribution in [0.1, 0.15) is 47.0 Å². The normalized spacial score (nSPS) is 10.5. The molecular weight excluding hydrogens is 306 g/mol. The van der Waals surface area contributed by atoms with Gasteiger partial charge in [0.25, 0.3) is 0 Å². The van der Waals surface area contributed by atoms with Crippen molar-refractivity contribution in [3.8, 4) is 0 Å². The molecule has 0 amide bonds. The number of ether oxygens (including phenoxy) is 1. The highest BCUT2D eigenvalue weighted by molar-refractivity contribution is 7.79. The summed E-state index contributed by atoms with van der Waals surface area (Å²) >= 11 is 0. The van der Waals surface area contributed by atoms with Gasteiger partial charge in [-0.2, -0.15) is 8.42 Å². The fraction of sp³-hybridized carbons (Fsp3) is 0.800. The Bertz CT molecular complexity index is 386. The summed E-state index contributed by atoms with van der Waals surface area (Å²) in [4.78, 5) is 0. The molecule has 0 fully saturated rings. The van der Waals surface area contributed by atoms with Gasteiger partial charge >= 0.3 is 10.4 Å². The van der Waals surface area contributed by atoms with Crippen LogP contribution in [0.3, 0.4) is 0 Å². The lowest BCUT2D eigenvalue weighted by atomic mass is 10.3. The van der Waals surface area contributed by atoms with E-state index in [2.05, 4.69) is 40.3 Å². The first-order valence-corrected chi connectivity index (χ1v) is 8.72. The maximum atomic E-state index is 8.74. The van der Waals surface area contributed by atoms with Gasteiger partial charge in [-0.25, -0.2) is 0 Å². The van der Waals surface area contributed by atoms with E-state index in [1.54, 1.807) is 0 Å². The largest absolute Gasteiger partial charge is 0.394 e. The lowest BCUT2D eigenvalue weighted by molar-refractivity contribution is -0.908. The molecule has 0 radical (unpaired) electrons. The molecule has 0 heterocycles. The lowest BCUT2D eigenvalue weighted by Gasteiger charge is -2.27. The van der Waals surface area contributed by atoms with Crippen LogP contribution >= 0.6 is 0 Å². The molecule has 0 aliphatic carbocycles. The number of allylic oxidation sites excluding steroid dienone is 1. The number of rotatable bonds is 7. The van der Waals surface area contributed by atoms with Crippen molar-refractivity contribution in [2.24, 2.45) is 0 Å². The van der Waals surface area contributed by atoms with Gasteiger partial charge in [0.1, 0.15) is 0 Å². The van der Waals surface area contributed by atoms with Crippen LogP contribution in [0.5, 0.6) is 0 Å². The average molecular weight is 341 g/mol. The van der Waals surface area contributed by atoms with Crippen LogP contribution in [-0.2, 0) is 15.1 Å². The Morgan fingerprint density at radius 2 is 1.59 bits per heavy atom. The Morgan fingerprint density at radius 1 is 1.18 bits per heavy atom. The number of hydrogen-bond donors (Lipinski definition) is 2. The molecule has 0 saturated carbocycles. The van der Waals surface area contributed by atoms with Crippen molar-refractivity contribution in [2.45, 2.75) is 47.0 Å². The van der Waals surface area contributed by atoms with Crippen LogP contribution in [0.4, 0.5) is 0 Å². The fourth-order valence-electron chi connectivity index (χ4n) is 0.857. The van der Waals surface area contributed by atoms with Gasteiger partial charge < -0.3 is 9.22 Å². The van der Waals surface area contributed by atoms with Crippen LogP contribution in [0.2, 0.25) is 0 Å². The van der Waals surface area contributed by atoms with Gasteiger partial charge in [-0.3, -0.25) is 9.11 Å². The Morgan fingerprint density at radius 3 is 1.86 bits per heavy atom. The van der Waals surface area contributed by atoms with E-state index in [4.69, 9.17) is 22.3 Å². The van der Waals surface area contributed by atoms with Gasteiger partial charge in [0.2, 0.25) is 0 Å². The zero-order chi connectivity index (χ0) is 18.2. The minimum Gasteiger partial charge on any atom is -0.332 e. The van der Waals surface area contributed by atoms with E-state index in [1.165, 1.54) is 19.3 Å². The first-order chi connectivity index (χ1) is 9.89. The van der Waals surface area contributed by atoms with Crippen molar-refractivity contribution in [3.63, 3.8) is 0 Å². The van der Waals surface area contributed by atoms with Gasteiger partial charge in [-0.15, -0.1) is 5.73 Å². The minimum absolute atomic E-state index is 0.847. The third-order valence-electron chi connectivity index (χ3n) is 2.54. The van der Waals surface area contributed by atoms with E-state index in [1.807, 2.05) is 13.8 Å². The van der Waals surface area contributed by atoms with E-state index in [0.717, 1.165) is 29.9 Å². The predicted molar refractivity (Wildman–Crippen MR) is 91.2 cm³/mol. The molecule has 134 valence electrons. The van der Waals surface area contributed by atoms with Crippen molar-refractivity contribution in [3.05, 3.63) is 17.9 Å². The highest BCUT2D eigenvalue weighted by atomic mass is 32.3. The summed E-state index contributed by atoms with van der Waals surface area (Å²) in [6.45, 7) is 14.6. The molecule has 0 aromatic heterocycles. The van der Waals surface area contributed by atoms with Crippen molar-refractivity contribution in [2.75, 3.05) is 34.0 Å². The molecule has 2 N–H and O–H groups in total. The molecule has 0 bridgehead atoms. The number of unbranched alkanes of at least 4 members (excludes halogenated alkanes) is 2. The molecule has 0 atom stereocenters. The standard InChI is InChI=1S/C10H24NO.C5H8.H2O4S/c1-5-7-8-9-12-10-11(3,4)6-2;1-4-5(2)3;1-5(2,3)4/h5-10H2,1-4H3;1H2,2-3H3;(H2,1,2,3,4)/q+1;;. The van der Waals surface area contributed by atoms with Crippen LogP contribution in [0.25, 0.3) is 0 Å². The van der Waals surface area contributed by atoms with Crippen molar-refractivity contribution >= 4 is 10.4 Å².